The van der Waals surface area contributed by atoms with Gasteiger partial charge in [-0.1, -0.05) is 0 Å². The van der Waals surface area contributed by atoms with E-state index in [9.17, 15) is 13.2 Å². The lowest BCUT2D eigenvalue weighted by Gasteiger charge is -1.93. The lowest BCUT2D eigenvalue weighted by atomic mass is 10.5. The molecule has 15 heavy (non-hydrogen) atoms. The van der Waals surface area contributed by atoms with Gasteiger partial charge in [-0.25, -0.2) is 8.42 Å². The lowest BCUT2D eigenvalue weighted by molar-refractivity contribution is -0.117. The number of rotatable bonds is 3. The van der Waals surface area contributed by atoms with Crippen LogP contribution in [-0.2, 0) is 21.7 Å². The van der Waals surface area contributed by atoms with E-state index >= 15 is 0 Å². The Balaban J connectivity index is 2.69. The van der Waals surface area contributed by atoms with Crippen molar-refractivity contribution in [3.05, 3.63) is 16.4 Å². The fourth-order valence-electron chi connectivity index (χ4n) is 0.870. The van der Waals surface area contributed by atoms with E-state index < -0.39 is 15.7 Å². The minimum atomic E-state index is -3.09. The van der Waals surface area contributed by atoms with E-state index in [0.29, 0.717) is 4.80 Å². The first-order valence-electron chi connectivity index (χ1n) is 4.24. The third kappa shape index (κ3) is 4.39. The molecule has 0 saturated heterocycles. The molecule has 0 aliphatic heterocycles. The molecule has 84 valence electrons. The van der Waals surface area contributed by atoms with Gasteiger partial charge >= 0.3 is 0 Å². The number of aromatic nitrogens is 1. The Morgan fingerprint density at radius 2 is 2.27 bits per heavy atom. The highest BCUT2D eigenvalue weighted by molar-refractivity contribution is 7.90. The largest absolute Gasteiger partial charge is 0.327 e. The molecule has 0 saturated carbocycles. The molecule has 7 heteroatoms. The van der Waals surface area contributed by atoms with Crippen LogP contribution in [0.15, 0.2) is 16.6 Å². The fraction of sp³-hybridized carbons (Fsp3) is 0.500. The van der Waals surface area contributed by atoms with Gasteiger partial charge in [0.1, 0.15) is 9.84 Å². The Bertz CT molecular complexity index is 510. The molecule has 0 unspecified atom stereocenters. The molecule has 1 rings (SSSR count). The van der Waals surface area contributed by atoms with Gasteiger partial charge in [-0.2, -0.15) is 4.99 Å². The van der Waals surface area contributed by atoms with Crippen LogP contribution < -0.4 is 4.80 Å². The van der Waals surface area contributed by atoms with E-state index in [1.54, 1.807) is 17.8 Å². The summed E-state index contributed by atoms with van der Waals surface area (Å²) < 4.78 is 23.3. The van der Waals surface area contributed by atoms with Crippen LogP contribution in [0.3, 0.4) is 0 Å². The van der Waals surface area contributed by atoms with Crippen molar-refractivity contribution in [3.63, 3.8) is 0 Å². The molecule has 0 aliphatic rings. The molecule has 0 spiro atoms. The Labute approximate surface area is 92.0 Å². The molecule has 0 atom stereocenters. The minimum Gasteiger partial charge on any atom is -0.327 e. The summed E-state index contributed by atoms with van der Waals surface area (Å²) in [5, 5.41) is 1.81. The zero-order valence-corrected chi connectivity index (χ0v) is 10.1. The fourth-order valence-corrected chi connectivity index (χ4v) is 2.16. The predicted molar refractivity (Wildman–Crippen MR) is 58.2 cm³/mol. The van der Waals surface area contributed by atoms with Gasteiger partial charge in [-0.3, -0.25) is 4.79 Å². The first-order valence-corrected chi connectivity index (χ1v) is 7.18. The number of sulfone groups is 1. The summed E-state index contributed by atoms with van der Waals surface area (Å²) in [6.07, 6.45) is 2.83. The van der Waals surface area contributed by atoms with E-state index in [4.69, 9.17) is 0 Å². The number of carbonyl (C=O) groups is 1. The smallest absolute Gasteiger partial charge is 0.249 e. The Hall–Kier alpha value is -0.950. The first kappa shape index (κ1) is 12.1. The third-order valence-corrected chi connectivity index (χ3v) is 3.46. The van der Waals surface area contributed by atoms with Crippen LogP contribution in [0.4, 0.5) is 0 Å². The minimum absolute atomic E-state index is 0.0588. The van der Waals surface area contributed by atoms with Crippen LogP contribution in [-0.4, -0.2) is 30.9 Å². The van der Waals surface area contributed by atoms with E-state index in [0.717, 1.165) is 6.26 Å². The van der Waals surface area contributed by atoms with Gasteiger partial charge in [0.05, 0.1) is 5.75 Å². The lowest BCUT2D eigenvalue weighted by Crippen LogP contribution is -2.14. The molecule has 0 bridgehead atoms. The third-order valence-electron chi connectivity index (χ3n) is 1.67. The second-order valence-corrected chi connectivity index (χ2v) is 6.31. The average Bonchev–Trinajstić information content (AvgIpc) is 2.47. The van der Waals surface area contributed by atoms with E-state index in [1.165, 1.54) is 11.3 Å². The molecule has 0 fully saturated rings. The molecule has 1 amide bonds. The van der Waals surface area contributed by atoms with Gasteiger partial charge in [0.15, 0.2) is 4.80 Å². The number of amides is 1. The van der Waals surface area contributed by atoms with Crippen molar-refractivity contribution in [2.45, 2.75) is 6.42 Å². The van der Waals surface area contributed by atoms with E-state index in [1.807, 2.05) is 5.38 Å². The van der Waals surface area contributed by atoms with Crippen molar-refractivity contribution in [2.24, 2.45) is 12.0 Å². The molecule has 0 radical (unpaired) electrons. The maximum Gasteiger partial charge on any atom is 0.249 e. The van der Waals surface area contributed by atoms with Crippen molar-refractivity contribution >= 4 is 27.1 Å². The molecule has 5 nitrogen and oxygen atoms in total. The van der Waals surface area contributed by atoms with Crippen LogP contribution in [0.25, 0.3) is 0 Å². The summed E-state index contributed by atoms with van der Waals surface area (Å²) in [6, 6.07) is 0. The number of hydrogen-bond donors (Lipinski definition) is 0. The molecule has 1 aromatic heterocycles. The van der Waals surface area contributed by atoms with Crippen LogP contribution in [0.5, 0.6) is 0 Å². The standard InChI is InChI=1S/C8H12N2O3S2/c1-10-4-5-14-8(10)9-7(11)3-6-15(2,12)13/h4-5H,3,6H2,1-2H3. The zero-order chi connectivity index (χ0) is 11.5. The van der Waals surface area contributed by atoms with E-state index in [2.05, 4.69) is 4.99 Å². The van der Waals surface area contributed by atoms with Gasteiger partial charge in [-0.05, 0) is 0 Å². The number of aryl methyl sites for hydroxylation is 1. The van der Waals surface area contributed by atoms with Gasteiger partial charge in [0, 0.05) is 31.3 Å². The molecule has 0 aromatic carbocycles. The van der Waals surface area contributed by atoms with Crippen LogP contribution >= 0.6 is 11.3 Å². The zero-order valence-electron chi connectivity index (χ0n) is 8.50. The summed E-state index contributed by atoms with van der Waals surface area (Å²) in [7, 11) is -1.32. The number of hydrogen-bond acceptors (Lipinski definition) is 4. The molecule has 1 heterocycles. The average molecular weight is 248 g/mol. The number of nitrogens with zero attached hydrogens (tertiary/aromatic N) is 2. The number of thiazole rings is 1. The van der Waals surface area contributed by atoms with Crippen LogP contribution in [0.2, 0.25) is 0 Å². The highest BCUT2D eigenvalue weighted by Crippen LogP contribution is 1.92. The summed E-state index contributed by atoms with van der Waals surface area (Å²) in [6.45, 7) is 0. The van der Waals surface area contributed by atoms with Crippen molar-refractivity contribution < 1.29 is 13.2 Å². The van der Waals surface area contributed by atoms with Crippen molar-refractivity contribution in [2.75, 3.05) is 12.0 Å². The molecular formula is C8H12N2O3S2. The Morgan fingerprint density at radius 1 is 1.60 bits per heavy atom. The summed E-state index contributed by atoms with van der Waals surface area (Å²) in [5.74, 6) is -0.553. The first-order chi connectivity index (χ1) is 6.88. The van der Waals surface area contributed by atoms with Crippen LogP contribution in [0.1, 0.15) is 6.42 Å². The van der Waals surface area contributed by atoms with Crippen LogP contribution in [0, 0.1) is 0 Å². The van der Waals surface area contributed by atoms with Gasteiger partial charge < -0.3 is 4.57 Å². The van der Waals surface area contributed by atoms with Crippen molar-refractivity contribution in [1.82, 2.24) is 4.57 Å². The van der Waals surface area contributed by atoms with E-state index in [-0.39, 0.29) is 12.2 Å². The Kier molecular flexibility index (Phi) is 3.81. The summed E-state index contributed by atoms with van der Waals surface area (Å²) >= 11 is 1.34. The summed E-state index contributed by atoms with van der Waals surface area (Å²) in [5.41, 5.74) is 0. The Morgan fingerprint density at radius 3 is 2.73 bits per heavy atom. The van der Waals surface area contributed by atoms with Gasteiger partial charge in [0.25, 0.3) is 0 Å². The van der Waals surface area contributed by atoms with Gasteiger partial charge in [0.2, 0.25) is 5.91 Å². The maximum atomic E-state index is 11.3. The second kappa shape index (κ2) is 4.71. The summed E-state index contributed by atoms with van der Waals surface area (Å²) in [4.78, 5) is 15.6. The second-order valence-electron chi connectivity index (χ2n) is 3.18. The van der Waals surface area contributed by atoms with Crippen molar-refractivity contribution in [3.8, 4) is 0 Å². The van der Waals surface area contributed by atoms with Gasteiger partial charge in [-0.15, -0.1) is 11.3 Å². The highest BCUT2D eigenvalue weighted by Gasteiger charge is 2.06. The highest BCUT2D eigenvalue weighted by atomic mass is 32.2. The molecule has 0 N–H and O–H groups in total. The SMILES string of the molecule is Cn1ccsc1=NC(=O)CCS(C)(=O)=O. The topological polar surface area (TPSA) is 68.5 Å². The normalized spacial score (nSPS) is 13.1. The maximum absolute atomic E-state index is 11.3. The van der Waals surface area contributed by atoms with Crippen molar-refractivity contribution in [1.29, 1.82) is 0 Å². The molecule has 1 aromatic rings. The monoisotopic (exact) mass is 248 g/mol. The predicted octanol–water partition coefficient (Wildman–Crippen LogP) is -0.0514. The molecular weight excluding hydrogens is 236 g/mol. The number of carbonyl (C=O) groups excluding carboxylic acids is 1. The quantitative estimate of drug-likeness (QED) is 0.753. The molecule has 0 aliphatic carbocycles.